The minimum Gasteiger partial charge on any atom is -0.441 e. The van der Waals surface area contributed by atoms with Crippen molar-refractivity contribution in [1.29, 1.82) is 0 Å². The molecule has 0 aliphatic carbocycles. The molecule has 1 N–H and O–H groups in total. The number of benzene rings is 2. The predicted molar refractivity (Wildman–Crippen MR) is 103 cm³/mol. The summed E-state index contributed by atoms with van der Waals surface area (Å²) >= 11 is 5.88. The van der Waals surface area contributed by atoms with Gasteiger partial charge in [0.2, 0.25) is 5.91 Å². The van der Waals surface area contributed by atoms with E-state index in [2.05, 4.69) is 25.8 Å². The van der Waals surface area contributed by atoms with E-state index < -0.39 is 5.82 Å². The average Bonchev–Trinajstić information content (AvgIpc) is 3.41. The Hall–Kier alpha value is -3.59. The number of tetrazole rings is 1. The molecule has 0 spiro atoms. The molecule has 0 bridgehead atoms. The number of halogens is 2. The summed E-state index contributed by atoms with van der Waals surface area (Å²) in [5, 5.41) is 14.0. The number of nitrogens with zero attached hydrogens (tertiary/aromatic N) is 5. The van der Waals surface area contributed by atoms with E-state index in [-0.39, 0.29) is 24.4 Å². The first-order valence-corrected chi connectivity index (χ1v) is 9.00. The molecular formula is C19H14ClFN6O2. The third-order valence-corrected chi connectivity index (χ3v) is 4.34. The molecule has 4 rings (SSSR count). The highest BCUT2D eigenvalue weighted by molar-refractivity contribution is 6.30. The molecule has 1 amide bonds. The molecule has 0 saturated carbocycles. The Kier molecular flexibility index (Phi) is 5.30. The number of aromatic nitrogens is 5. The second kappa shape index (κ2) is 8.19. The van der Waals surface area contributed by atoms with E-state index in [0.29, 0.717) is 22.4 Å². The van der Waals surface area contributed by atoms with Gasteiger partial charge in [0.15, 0.2) is 11.7 Å². The van der Waals surface area contributed by atoms with Crippen molar-refractivity contribution < 1.29 is 13.6 Å². The number of anilines is 1. The first kappa shape index (κ1) is 18.8. The lowest BCUT2D eigenvalue weighted by molar-refractivity contribution is -0.116. The van der Waals surface area contributed by atoms with E-state index >= 15 is 0 Å². The van der Waals surface area contributed by atoms with Gasteiger partial charge >= 0.3 is 0 Å². The quantitative estimate of drug-likeness (QED) is 0.518. The van der Waals surface area contributed by atoms with Gasteiger partial charge in [-0.05, 0) is 52.9 Å². The molecule has 10 heteroatoms. The van der Waals surface area contributed by atoms with Crippen LogP contribution in [-0.4, -0.2) is 31.1 Å². The summed E-state index contributed by atoms with van der Waals surface area (Å²) in [6, 6.07) is 11.3. The molecular weight excluding hydrogens is 399 g/mol. The van der Waals surface area contributed by atoms with Gasteiger partial charge in [0.05, 0.1) is 17.6 Å². The normalized spacial score (nSPS) is 10.8. The maximum Gasteiger partial charge on any atom is 0.224 e. The minimum absolute atomic E-state index is 0.0391. The van der Waals surface area contributed by atoms with Crippen LogP contribution >= 0.6 is 11.6 Å². The Bertz CT molecular complexity index is 1130. The number of carbonyl (C=O) groups is 1. The van der Waals surface area contributed by atoms with Crippen LogP contribution in [0.3, 0.4) is 0 Å². The fourth-order valence-electron chi connectivity index (χ4n) is 2.64. The Morgan fingerprint density at radius 1 is 1.21 bits per heavy atom. The second-order valence-electron chi connectivity index (χ2n) is 6.09. The van der Waals surface area contributed by atoms with Crippen molar-refractivity contribution in [1.82, 2.24) is 25.2 Å². The van der Waals surface area contributed by atoms with E-state index in [1.165, 1.54) is 29.2 Å². The Morgan fingerprint density at radius 2 is 2.03 bits per heavy atom. The molecule has 0 aliphatic rings. The second-order valence-corrected chi connectivity index (χ2v) is 6.53. The lowest BCUT2D eigenvalue weighted by atomic mass is 10.2. The molecule has 0 fully saturated rings. The van der Waals surface area contributed by atoms with Crippen LogP contribution in [0, 0.1) is 5.82 Å². The molecule has 0 radical (unpaired) electrons. The van der Waals surface area contributed by atoms with Gasteiger partial charge in [-0.1, -0.05) is 11.6 Å². The van der Waals surface area contributed by atoms with E-state index in [0.717, 1.165) is 5.56 Å². The van der Waals surface area contributed by atoms with Crippen molar-refractivity contribution in [2.75, 3.05) is 5.32 Å². The number of amides is 1. The number of carbonyl (C=O) groups excluding carboxylic acids is 1. The maximum absolute atomic E-state index is 14.0. The van der Waals surface area contributed by atoms with Gasteiger partial charge in [-0.3, -0.25) is 4.79 Å². The lowest BCUT2D eigenvalue weighted by Gasteiger charge is -2.08. The molecule has 29 heavy (non-hydrogen) atoms. The number of hydrogen-bond acceptors (Lipinski definition) is 6. The fourth-order valence-corrected chi connectivity index (χ4v) is 2.76. The molecule has 2 aromatic heterocycles. The summed E-state index contributed by atoms with van der Waals surface area (Å²) < 4.78 is 21.1. The summed E-state index contributed by atoms with van der Waals surface area (Å²) in [6.07, 6.45) is 3.31. The standard InChI is InChI=1S/C19H14ClFN6O2/c20-13-3-1-12(2-4-13)17-10-22-19(29-17)8-7-18(28)24-16-9-14(5-6-15(16)21)27-11-23-25-26-27/h1-6,9-11H,7-8H2,(H,24,28). The molecule has 8 nitrogen and oxygen atoms in total. The third-order valence-electron chi connectivity index (χ3n) is 4.09. The van der Waals surface area contributed by atoms with Crippen LogP contribution in [0.4, 0.5) is 10.1 Å². The number of hydrogen-bond donors (Lipinski definition) is 1. The maximum atomic E-state index is 14.0. The summed E-state index contributed by atoms with van der Waals surface area (Å²) in [4.78, 5) is 16.4. The number of rotatable bonds is 6. The number of nitrogens with one attached hydrogen (secondary N) is 1. The smallest absolute Gasteiger partial charge is 0.224 e. The van der Waals surface area contributed by atoms with Gasteiger partial charge in [-0.25, -0.2) is 14.1 Å². The summed E-state index contributed by atoms with van der Waals surface area (Å²) in [5.41, 5.74) is 1.39. The van der Waals surface area contributed by atoms with E-state index in [4.69, 9.17) is 16.0 Å². The van der Waals surface area contributed by atoms with Gasteiger partial charge in [0.1, 0.15) is 12.1 Å². The number of aryl methyl sites for hydroxylation is 1. The van der Waals surface area contributed by atoms with Gasteiger partial charge in [0, 0.05) is 23.4 Å². The zero-order valence-electron chi connectivity index (χ0n) is 14.9. The van der Waals surface area contributed by atoms with Crippen LogP contribution in [0.5, 0.6) is 0 Å². The van der Waals surface area contributed by atoms with E-state index in [1.807, 2.05) is 12.1 Å². The molecule has 2 heterocycles. The van der Waals surface area contributed by atoms with Gasteiger partial charge in [0.25, 0.3) is 0 Å². The van der Waals surface area contributed by atoms with Crippen LogP contribution in [0.25, 0.3) is 17.0 Å². The summed E-state index contributed by atoms with van der Waals surface area (Å²) in [6.45, 7) is 0. The van der Waals surface area contributed by atoms with E-state index in [9.17, 15) is 9.18 Å². The highest BCUT2D eigenvalue weighted by atomic mass is 35.5. The SMILES string of the molecule is O=C(CCc1ncc(-c2ccc(Cl)cc2)o1)Nc1cc(-n2cnnn2)ccc1F. The van der Waals surface area contributed by atoms with Gasteiger partial charge in [-0.15, -0.1) is 5.10 Å². The fraction of sp³-hybridized carbons (Fsp3) is 0.105. The Morgan fingerprint density at radius 3 is 2.79 bits per heavy atom. The zero-order chi connectivity index (χ0) is 20.2. The molecule has 0 atom stereocenters. The van der Waals surface area contributed by atoms with Crippen LogP contribution in [0.1, 0.15) is 12.3 Å². The molecule has 0 unspecified atom stereocenters. The summed E-state index contributed by atoms with van der Waals surface area (Å²) in [5.74, 6) is 0.0607. The summed E-state index contributed by atoms with van der Waals surface area (Å²) in [7, 11) is 0. The average molecular weight is 413 g/mol. The van der Waals surface area contributed by atoms with Crippen LogP contribution < -0.4 is 5.32 Å². The van der Waals surface area contributed by atoms with Crippen LogP contribution in [-0.2, 0) is 11.2 Å². The van der Waals surface area contributed by atoms with Crippen molar-refractivity contribution in [2.45, 2.75) is 12.8 Å². The molecule has 4 aromatic rings. The van der Waals surface area contributed by atoms with Crippen molar-refractivity contribution in [3.05, 3.63) is 71.7 Å². The van der Waals surface area contributed by atoms with E-state index in [1.54, 1.807) is 18.3 Å². The zero-order valence-corrected chi connectivity index (χ0v) is 15.7. The molecule has 146 valence electrons. The van der Waals surface area contributed by atoms with Crippen LogP contribution in [0.2, 0.25) is 5.02 Å². The highest BCUT2D eigenvalue weighted by Gasteiger charge is 2.12. The van der Waals surface area contributed by atoms with Crippen molar-refractivity contribution in [2.24, 2.45) is 0 Å². The molecule has 2 aromatic carbocycles. The van der Waals surface area contributed by atoms with Gasteiger partial charge in [-0.2, -0.15) is 0 Å². The monoisotopic (exact) mass is 412 g/mol. The molecule has 0 saturated heterocycles. The lowest BCUT2D eigenvalue weighted by Crippen LogP contribution is -2.14. The molecule has 0 aliphatic heterocycles. The topological polar surface area (TPSA) is 98.7 Å². The third kappa shape index (κ3) is 4.46. The number of oxazole rings is 1. The highest BCUT2D eigenvalue weighted by Crippen LogP contribution is 2.23. The van der Waals surface area contributed by atoms with Crippen molar-refractivity contribution in [3.63, 3.8) is 0 Å². The van der Waals surface area contributed by atoms with Crippen molar-refractivity contribution >= 4 is 23.2 Å². The first-order chi connectivity index (χ1) is 14.1. The van der Waals surface area contributed by atoms with Crippen molar-refractivity contribution in [3.8, 4) is 17.0 Å². The largest absolute Gasteiger partial charge is 0.441 e. The Labute approximate surface area is 169 Å². The Balaban J connectivity index is 1.38. The minimum atomic E-state index is -0.559. The first-order valence-electron chi connectivity index (χ1n) is 8.62. The predicted octanol–water partition coefficient (Wildman–Crippen LogP) is 3.68. The van der Waals surface area contributed by atoms with Gasteiger partial charge < -0.3 is 9.73 Å². The van der Waals surface area contributed by atoms with Crippen LogP contribution in [0.15, 0.2) is 59.4 Å².